The van der Waals surface area contributed by atoms with Crippen LogP contribution in [0.3, 0.4) is 0 Å². The van der Waals surface area contributed by atoms with E-state index in [1.54, 1.807) is 7.85 Å². The van der Waals surface area contributed by atoms with Gasteiger partial charge in [-0.3, -0.25) is 4.57 Å². The second-order valence-electron chi connectivity index (χ2n) is 3.72. The van der Waals surface area contributed by atoms with Gasteiger partial charge in [-0.2, -0.15) is 0 Å². The van der Waals surface area contributed by atoms with Gasteiger partial charge in [-0.1, -0.05) is 0 Å². The molecule has 0 aromatic rings. The smallest absolute Gasteiger partial charge is 0.325 e. The van der Waals surface area contributed by atoms with Gasteiger partial charge >= 0.3 is 7.60 Å². The summed E-state index contributed by atoms with van der Waals surface area (Å²) in [5.74, 6) is -0.244. The van der Waals surface area contributed by atoms with Gasteiger partial charge in [-0.15, -0.1) is 0 Å². The van der Waals surface area contributed by atoms with E-state index in [1.165, 1.54) is 0 Å². The molecule has 6 nitrogen and oxygen atoms in total. The van der Waals surface area contributed by atoms with Crippen LogP contribution in [0.4, 0.5) is 0 Å². The van der Waals surface area contributed by atoms with Crippen molar-refractivity contribution >= 4 is 15.4 Å². The van der Waals surface area contributed by atoms with E-state index in [-0.39, 0.29) is 18.5 Å². The van der Waals surface area contributed by atoms with Crippen molar-refractivity contribution in [3.05, 3.63) is 0 Å². The molecule has 0 bridgehead atoms. The first-order valence-corrected chi connectivity index (χ1v) is 6.28. The summed E-state index contributed by atoms with van der Waals surface area (Å²) >= 11 is 0. The van der Waals surface area contributed by atoms with Gasteiger partial charge in [0.1, 0.15) is 7.85 Å². The van der Waals surface area contributed by atoms with Crippen LogP contribution in [0, 0.1) is 0 Å². The van der Waals surface area contributed by atoms with E-state index in [2.05, 4.69) is 5.32 Å². The molecular weight excluding hydrogens is 208 g/mol. The van der Waals surface area contributed by atoms with Crippen molar-refractivity contribution in [2.75, 3.05) is 6.16 Å². The topological polar surface area (TPSA) is 110 Å². The van der Waals surface area contributed by atoms with Crippen LogP contribution >= 0.6 is 7.60 Å². The first-order valence-electron chi connectivity index (χ1n) is 4.48. The summed E-state index contributed by atoms with van der Waals surface area (Å²) in [6.45, 7) is 0. The maximum Gasteiger partial charge on any atom is 0.325 e. The van der Waals surface area contributed by atoms with Crippen LogP contribution in [0.1, 0.15) is 6.42 Å². The van der Waals surface area contributed by atoms with Gasteiger partial charge in [0.2, 0.25) is 0 Å². The highest BCUT2D eigenvalue weighted by atomic mass is 31.2. The third-order valence-electron chi connectivity index (χ3n) is 2.48. The molecule has 82 valence electrons. The molecule has 1 heterocycles. The molecule has 1 fully saturated rings. The third-order valence-corrected chi connectivity index (χ3v) is 3.32. The van der Waals surface area contributed by atoms with Gasteiger partial charge in [0.05, 0.1) is 18.4 Å². The molecule has 0 aromatic carbocycles. The Hall–Kier alpha value is 0.0949. The highest BCUT2D eigenvalue weighted by Gasteiger charge is 2.38. The highest BCUT2D eigenvalue weighted by Crippen LogP contribution is 2.36. The molecule has 1 rings (SSSR count). The van der Waals surface area contributed by atoms with E-state index >= 15 is 0 Å². The molecule has 0 spiro atoms. The zero-order valence-corrected chi connectivity index (χ0v) is 8.76. The van der Waals surface area contributed by atoms with E-state index in [0.29, 0.717) is 0 Å². The fourth-order valence-electron chi connectivity index (χ4n) is 1.63. The van der Waals surface area contributed by atoms with Gasteiger partial charge in [0, 0.05) is 12.0 Å². The summed E-state index contributed by atoms with van der Waals surface area (Å²) in [6, 6.07) is -0.437. The van der Waals surface area contributed by atoms with E-state index in [9.17, 15) is 14.8 Å². The van der Waals surface area contributed by atoms with Crippen molar-refractivity contribution in [1.82, 2.24) is 5.32 Å². The number of rotatable bonds is 3. The predicted octanol–water partition coefficient (Wildman–Crippen LogP) is -2.79. The molecule has 0 radical (unpaired) electrons. The lowest BCUT2D eigenvalue weighted by Crippen LogP contribution is -2.34. The second kappa shape index (κ2) is 4.30. The Morgan fingerprint density at radius 1 is 1.29 bits per heavy atom. The molecule has 1 aliphatic rings. The monoisotopic (exact) mass is 223 g/mol. The maximum absolute atomic E-state index is 10.6. The molecule has 4 atom stereocenters. The van der Waals surface area contributed by atoms with Crippen molar-refractivity contribution in [1.29, 1.82) is 0 Å². The molecule has 0 saturated carbocycles. The Labute approximate surface area is 82.9 Å². The average molecular weight is 223 g/mol. The first kappa shape index (κ1) is 12.2. The van der Waals surface area contributed by atoms with Crippen molar-refractivity contribution in [3.8, 4) is 0 Å². The van der Waals surface area contributed by atoms with Crippen LogP contribution in [-0.2, 0) is 4.57 Å². The molecule has 1 aliphatic heterocycles. The molecule has 14 heavy (non-hydrogen) atoms. The lowest BCUT2D eigenvalue weighted by molar-refractivity contribution is 0.0361. The lowest BCUT2D eigenvalue weighted by Gasteiger charge is -2.15. The number of hydrogen-bond acceptors (Lipinski definition) is 4. The molecule has 5 N–H and O–H groups in total. The molecular formula is C6H15BNO5P. The van der Waals surface area contributed by atoms with Crippen molar-refractivity contribution in [2.24, 2.45) is 0 Å². The zero-order chi connectivity index (χ0) is 10.9. The van der Waals surface area contributed by atoms with Crippen LogP contribution in [0.5, 0.6) is 0 Å². The fourth-order valence-corrected chi connectivity index (χ4v) is 2.24. The fraction of sp³-hybridized carbons (Fsp3) is 1.00. The van der Waals surface area contributed by atoms with Crippen LogP contribution < -0.4 is 5.32 Å². The van der Waals surface area contributed by atoms with Gasteiger partial charge in [0.15, 0.2) is 0 Å². The minimum atomic E-state index is -4.02. The summed E-state index contributed by atoms with van der Waals surface area (Å²) in [5.41, 5.74) is 0. The minimum Gasteiger partial charge on any atom is -0.390 e. The van der Waals surface area contributed by atoms with E-state index in [0.717, 1.165) is 0 Å². The Morgan fingerprint density at radius 3 is 2.21 bits per heavy atom. The van der Waals surface area contributed by atoms with Gasteiger partial charge < -0.3 is 25.3 Å². The molecule has 0 amide bonds. The van der Waals surface area contributed by atoms with Crippen LogP contribution in [0.25, 0.3) is 0 Å². The van der Waals surface area contributed by atoms with E-state index < -0.39 is 25.8 Å². The van der Waals surface area contributed by atoms with Gasteiger partial charge in [0.25, 0.3) is 0 Å². The average Bonchev–Trinajstić information content (AvgIpc) is 2.28. The van der Waals surface area contributed by atoms with Crippen LogP contribution in [0.15, 0.2) is 0 Å². The Balaban J connectivity index is 2.44. The maximum atomic E-state index is 10.6. The van der Waals surface area contributed by atoms with Crippen LogP contribution in [0.2, 0.25) is 0 Å². The van der Waals surface area contributed by atoms with Crippen molar-refractivity contribution < 1.29 is 24.6 Å². The second-order valence-corrected chi connectivity index (χ2v) is 5.50. The van der Waals surface area contributed by atoms with E-state index in [4.69, 9.17) is 9.79 Å². The summed E-state index contributed by atoms with van der Waals surface area (Å²) in [5, 5.41) is 21.7. The van der Waals surface area contributed by atoms with Gasteiger partial charge in [-0.05, 0) is 6.42 Å². The van der Waals surface area contributed by atoms with Crippen LogP contribution in [-0.4, -0.2) is 58.2 Å². The van der Waals surface area contributed by atoms with E-state index in [1.807, 2.05) is 0 Å². The quantitative estimate of drug-likeness (QED) is 0.261. The molecule has 8 heteroatoms. The van der Waals surface area contributed by atoms with Crippen molar-refractivity contribution in [2.45, 2.75) is 30.6 Å². The molecule has 0 aromatic heterocycles. The summed E-state index contributed by atoms with van der Waals surface area (Å²) in [7, 11) is -2.30. The Morgan fingerprint density at radius 2 is 1.86 bits per heavy atom. The number of aliphatic hydroxyl groups is 2. The highest BCUT2D eigenvalue weighted by molar-refractivity contribution is 7.51. The number of aliphatic hydroxyl groups excluding tert-OH is 2. The lowest BCUT2D eigenvalue weighted by atomic mass is 9.92. The zero-order valence-electron chi connectivity index (χ0n) is 7.87. The van der Waals surface area contributed by atoms with Crippen molar-refractivity contribution in [3.63, 3.8) is 0 Å². The summed E-state index contributed by atoms with van der Waals surface area (Å²) in [4.78, 5) is 17.3. The largest absolute Gasteiger partial charge is 0.390 e. The normalized spacial score (nSPS) is 38.9. The predicted molar refractivity (Wildman–Crippen MR) is 52.8 cm³/mol. The number of nitrogens with one attached hydrogen (secondary N) is 1. The Kier molecular flexibility index (Phi) is 3.74. The third kappa shape index (κ3) is 3.05. The minimum absolute atomic E-state index is 0.160. The summed E-state index contributed by atoms with van der Waals surface area (Å²) in [6.07, 6.45) is -1.93. The summed E-state index contributed by atoms with van der Waals surface area (Å²) < 4.78 is 10.6. The standard InChI is InChI=1S/C6H15BNO5P/c7-6-5(10)4(9)3(8-6)1-2-14(11,12)13/h3-6,8-10H,1-2,7H2,(H2,11,12,13)/t3-,4-,5-,6-/m1/s1. The Bertz CT molecular complexity index is 246. The number of hydrogen-bond donors (Lipinski definition) is 5. The first-order chi connectivity index (χ1) is 6.31. The SMILES string of the molecule is B[C@@H]1N[C@H](CCP(=O)(O)O)[C@@H](O)[C@H]1O. The molecule has 0 unspecified atom stereocenters. The molecule has 0 aliphatic carbocycles. The molecule has 1 saturated heterocycles. The van der Waals surface area contributed by atoms with Gasteiger partial charge in [-0.25, -0.2) is 0 Å².